The van der Waals surface area contributed by atoms with Crippen molar-refractivity contribution >= 4 is 25.0 Å². The van der Waals surface area contributed by atoms with Crippen molar-refractivity contribution in [3.63, 3.8) is 0 Å². The summed E-state index contributed by atoms with van der Waals surface area (Å²) in [5.41, 5.74) is 4.70. The quantitative estimate of drug-likeness (QED) is 0.101. The van der Waals surface area contributed by atoms with Gasteiger partial charge in [-0.25, -0.2) is 0 Å². The van der Waals surface area contributed by atoms with Gasteiger partial charge in [-0.2, -0.15) is 0 Å². The third-order valence-corrected chi connectivity index (χ3v) is 23.2. The molecule has 0 aromatic rings. The molecule has 0 heterocycles. The summed E-state index contributed by atoms with van der Waals surface area (Å²) >= 11 is 0. The molecular weight excluding hydrogens is 653 g/mol. The van der Waals surface area contributed by atoms with Crippen LogP contribution in [-0.2, 0) is 18.0 Å². The normalized spacial score (nSPS) is 28.6. The van der Waals surface area contributed by atoms with Crippen LogP contribution >= 0.6 is 0 Å². The van der Waals surface area contributed by atoms with E-state index in [1.165, 1.54) is 43.3 Å². The van der Waals surface area contributed by atoms with Gasteiger partial charge in [-0.15, -0.1) is 0 Å². The summed E-state index contributed by atoms with van der Waals surface area (Å²) in [5.74, 6) is 1.18. The number of fused-ring (bicyclic) bond motifs is 1. The van der Waals surface area contributed by atoms with Crippen LogP contribution in [0.25, 0.3) is 0 Å². The number of rotatable bonds is 14. The maximum absolute atomic E-state index is 7.09. The second-order valence-electron chi connectivity index (χ2n) is 21.0. The highest BCUT2D eigenvalue weighted by Crippen LogP contribution is 2.59. The molecule has 0 radical (unpaired) electrons. The van der Waals surface area contributed by atoms with E-state index in [1.807, 2.05) is 0 Å². The first-order valence-electron chi connectivity index (χ1n) is 19.9. The molecule has 0 N–H and O–H groups in total. The van der Waals surface area contributed by atoms with Gasteiger partial charge >= 0.3 is 0 Å². The molecule has 3 aliphatic carbocycles. The largest absolute Gasteiger partial charge is 0.414 e. The first kappa shape index (κ1) is 43.1. The maximum Gasteiger partial charge on any atom is 0.192 e. The summed E-state index contributed by atoms with van der Waals surface area (Å²) in [6.45, 7) is 43.7. The molecule has 284 valence electrons. The summed E-state index contributed by atoms with van der Waals surface area (Å²) in [6.07, 6.45) is 17.0. The minimum absolute atomic E-state index is 0.0773. The molecule has 0 aliphatic heterocycles. The molecule has 5 atom stereocenters. The van der Waals surface area contributed by atoms with Gasteiger partial charge in [-0.3, -0.25) is 0 Å². The number of allylic oxidation sites excluding steroid dienone is 3. The Balaban J connectivity index is 1.70. The van der Waals surface area contributed by atoms with Crippen molar-refractivity contribution in [2.24, 2.45) is 17.3 Å². The molecule has 0 saturated heterocycles. The van der Waals surface area contributed by atoms with E-state index >= 15 is 0 Å². The van der Waals surface area contributed by atoms with Crippen molar-refractivity contribution < 1.29 is 18.0 Å². The molecule has 4 nitrogen and oxygen atoms in total. The van der Waals surface area contributed by atoms with Crippen molar-refractivity contribution in [3.8, 4) is 0 Å². The summed E-state index contributed by atoms with van der Waals surface area (Å²) in [4.78, 5) is 0. The number of ether oxygens (including phenoxy) is 1. The first-order valence-corrected chi connectivity index (χ1v) is 29.1. The van der Waals surface area contributed by atoms with Crippen LogP contribution in [0.2, 0.25) is 55.9 Å². The Bertz CT molecular complexity index is 1140. The monoisotopic (exact) mass is 733 g/mol. The van der Waals surface area contributed by atoms with Gasteiger partial charge in [0.05, 0.1) is 24.4 Å². The average molecular weight is 733 g/mol. The van der Waals surface area contributed by atoms with Crippen LogP contribution < -0.4 is 0 Å². The molecule has 49 heavy (non-hydrogen) atoms. The predicted molar refractivity (Wildman–Crippen MR) is 220 cm³/mol. The topological polar surface area (TPSA) is 36.9 Å². The van der Waals surface area contributed by atoms with E-state index in [4.69, 9.17) is 18.0 Å². The van der Waals surface area contributed by atoms with E-state index < -0.39 is 25.0 Å². The van der Waals surface area contributed by atoms with Crippen LogP contribution in [0.3, 0.4) is 0 Å². The van der Waals surface area contributed by atoms with Gasteiger partial charge in [0.15, 0.2) is 25.0 Å². The molecule has 7 heteroatoms. The average Bonchev–Trinajstić information content (AvgIpc) is 3.26. The molecule has 3 aliphatic rings. The van der Waals surface area contributed by atoms with Crippen LogP contribution in [0.15, 0.2) is 35.5 Å². The first-order chi connectivity index (χ1) is 22.2. The highest BCUT2D eigenvalue weighted by atomic mass is 28.4. The zero-order chi connectivity index (χ0) is 37.3. The molecule has 3 saturated carbocycles. The fraction of sp³-hybridized carbons (Fsp3) is 0.857. The molecule has 0 spiro atoms. The van der Waals surface area contributed by atoms with Crippen molar-refractivity contribution in [1.82, 2.24) is 0 Å². The second-order valence-corrected chi connectivity index (χ2v) is 35.0. The van der Waals surface area contributed by atoms with Crippen LogP contribution in [0.1, 0.15) is 127 Å². The van der Waals surface area contributed by atoms with E-state index in [-0.39, 0.29) is 33.3 Å². The smallest absolute Gasteiger partial charge is 0.192 e. The van der Waals surface area contributed by atoms with Crippen molar-refractivity contribution in [3.05, 3.63) is 35.5 Å². The third kappa shape index (κ3) is 11.9. The Kier molecular flexibility index (Phi) is 14.1. The van der Waals surface area contributed by atoms with E-state index in [9.17, 15) is 0 Å². The highest BCUT2D eigenvalue weighted by molar-refractivity contribution is 6.74. The van der Waals surface area contributed by atoms with Gasteiger partial charge < -0.3 is 18.0 Å². The zero-order valence-corrected chi connectivity index (χ0v) is 38.3. The fourth-order valence-corrected chi connectivity index (χ4v) is 13.0. The molecular formula is C42H80O4Si3. The van der Waals surface area contributed by atoms with E-state index in [0.29, 0.717) is 18.4 Å². The lowest BCUT2D eigenvalue weighted by molar-refractivity contribution is 0.0679. The summed E-state index contributed by atoms with van der Waals surface area (Å²) in [7, 11) is -5.33. The van der Waals surface area contributed by atoms with Crippen LogP contribution in [0, 0.1) is 17.3 Å². The van der Waals surface area contributed by atoms with Crippen molar-refractivity contribution in [2.75, 3.05) is 13.2 Å². The minimum Gasteiger partial charge on any atom is -0.414 e. The Morgan fingerprint density at radius 3 is 1.90 bits per heavy atom. The van der Waals surface area contributed by atoms with Crippen LogP contribution in [0.5, 0.6) is 0 Å². The molecule has 3 rings (SSSR count). The predicted octanol–water partition coefficient (Wildman–Crippen LogP) is 13.0. The lowest BCUT2D eigenvalue weighted by atomic mass is 9.62. The molecule has 0 bridgehead atoms. The van der Waals surface area contributed by atoms with Gasteiger partial charge in [0.25, 0.3) is 0 Å². The highest BCUT2D eigenvalue weighted by Gasteiger charge is 2.50. The lowest BCUT2D eigenvalue weighted by Crippen LogP contribution is -2.48. The van der Waals surface area contributed by atoms with Crippen LogP contribution in [0.4, 0.5) is 0 Å². The number of hydrogen-bond acceptors (Lipinski definition) is 4. The minimum atomic E-state index is -1.89. The van der Waals surface area contributed by atoms with Crippen molar-refractivity contribution in [2.45, 2.75) is 200 Å². The standard InChI is InChI=1S/C42H80O4Si3/c1-32(31-43-27-19-25-41(8,9)46-47(11,12)13)37-23-24-38-34(20-18-26-42(37,38)10)22-21-33-28-35(44-48(14,15)39(2,3)4)30-36(29-33)45-49(16,17)40(5,6)7/h21-22,35-38H,1,18-20,23-31H2,2-17H3/b34-22+/t35-,36-,37-,38+,42-/m1/s1. The second kappa shape index (κ2) is 16.0. The van der Waals surface area contributed by atoms with E-state index in [1.54, 1.807) is 5.57 Å². The Morgan fingerprint density at radius 1 is 0.837 bits per heavy atom. The summed E-state index contributed by atoms with van der Waals surface area (Å²) in [5, 5.41) is 0.401. The summed E-state index contributed by atoms with van der Waals surface area (Å²) in [6, 6.07) is 0. The maximum atomic E-state index is 7.09. The zero-order valence-electron chi connectivity index (χ0n) is 35.3. The Labute approximate surface area is 308 Å². The third-order valence-electron chi connectivity index (χ3n) is 13.0. The van der Waals surface area contributed by atoms with E-state index in [0.717, 1.165) is 38.7 Å². The van der Waals surface area contributed by atoms with Gasteiger partial charge in [-0.05, 0) is 157 Å². The Hall–Kier alpha value is -0.289. The SMILES string of the molecule is C=C(COCCCC(C)(C)O[Si](C)(C)C)[C@H]1CC[C@H]2/C(=C/C=C3C[C@@H](O[Si](C)(C)C(C)(C)C)C[C@H](O[Si](C)(C)C(C)(C)C)C3)CCC[C@]12C. The Morgan fingerprint density at radius 2 is 1.39 bits per heavy atom. The number of hydrogen-bond donors (Lipinski definition) is 0. The molecule has 0 unspecified atom stereocenters. The summed E-state index contributed by atoms with van der Waals surface area (Å²) < 4.78 is 26.8. The van der Waals surface area contributed by atoms with Gasteiger partial charge in [0.2, 0.25) is 0 Å². The molecule has 3 fully saturated rings. The van der Waals surface area contributed by atoms with E-state index in [2.05, 4.69) is 127 Å². The molecule has 0 amide bonds. The van der Waals surface area contributed by atoms with Crippen molar-refractivity contribution in [1.29, 1.82) is 0 Å². The lowest BCUT2D eigenvalue weighted by Gasteiger charge is -2.45. The van der Waals surface area contributed by atoms with Gasteiger partial charge in [0, 0.05) is 6.61 Å². The fourth-order valence-electron chi connectivity index (χ4n) is 8.55. The molecule has 0 aromatic carbocycles. The molecule has 0 aromatic heterocycles. The van der Waals surface area contributed by atoms with Gasteiger partial charge in [0.1, 0.15) is 0 Å². The van der Waals surface area contributed by atoms with Crippen LogP contribution in [-0.4, -0.2) is 56.0 Å². The van der Waals surface area contributed by atoms with Gasteiger partial charge in [-0.1, -0.05) is 78.3 Å².